The molecule has 1 fully saturated rings. The maximum atomic E-state index is 12.3. The Morgan fingerprint density at radius 1 is 1.33 bits per heavy atom. The molecule has 1 aromatic rings. The van der Waals surface area contributed by atoms with Crippen LogP contribution in [0.1, 0.15) is 43.5 Å². The topological polar surface area (TPSA) is 41.1 Å². The summed E-state index contributed by atoms with van der Waals surface area (Å²) in [6.07, 6.45) is 3.44. The number of anilines is 1. The van der Waals surface area contributed by atoms with E-state index in [1.165, 1.54) is 6.42 Å². The molecule has 1 saturated carbocycles. The van der Waals surface area contributed by atoms with Crippen molar-refractivity contribution >= 4 is 11.6 Å². The average Bonchev–Trinajstić information content (AvgIpc) is 2.76. The first-order valence-corrected chi connectivity index (χ1v) is 6.84. The van der Waals surface area contributed by atoms with E-state index < -0.39 is 0 Å². The predicted octanol–water partition coefficient (Wildman–Crippen LogP) is 3.04. The van der Waals surface area contributed by atoms with Gasteiger partial charge in [0.1, 0.15) is 0 Å². The van der Waals surface area contributed by atoms with Crippen LogP contribution in [0.3, 0.4) is 0 Å². The third-order valence-electron chi connectivity index (χ3n) is 3.57. The normalized spacial score (nSPS) is 22.8. The molecular weight excluding hydrogens is 224 g/mol. The van der Waals surface area contributed by atoms with Crippen LogP contribution in [0.4, 0.5) is 5.69 Å². The van der Waals surface area contributed by atoms with E-state index in [4.69, 9.17) is 0 Å². The third kappa shape index (κ3) is 3.03. The van der Waals surface area contributed by atoms with Crippen LogP contribution in [-0.2, 0) is 0 Å². The SMILES string of the molecule is CCNc1ccccc1C(=O)NC1CCC(C)C1. The molecule has 1 aliphatic carbocycles. The zero-order chi connectivity index (χ0) is 13.0. The second-order valence-electron chi connectivity index (χ2n) is 5.16. The van der Waals surface area contributed by atoms with E-state index in [2.05, 4.69) is 17.6 Å². The third-order valence-corrected chi connectivity index (χ3v) is 3.57. The van der Waals surface area contributed by atoms with E-state index in [0.717, 1.165) is 36.6 Å². The fourth-order valence-corrected chi connectivity index (χ4v) is 2.63. The van der Waals surface area contributed by atoms with Crippen LogP contribution in [0.15, 0.2) is 24.3 Å². The highest BCUT2D eigenvalue weighted by atomic mass is 16.1. The van der Waals surface area contributed by atoms with Crippen LogP contribution in [0.5, 0.6) is 0 Å². The Kier molecular flexibility index (Phi) is 4.24. The summed E-state index contributed by atoms with van der Waals surface area (Å²) in [5.41, 5.74) is 1.67. The molecule has 3 nitrogen and oxygen atoms in total. The maximum absolute atomic E-state index is 12.3. The first-order valence-electron chi connectivity index (χ1n) is 6.84. The van der Waals surface area contributed by atoms with Gasteiger partial charge in [-0.15, -0.1) is 0 Å². The molecule has 1 aliphatic rings. The number of para-hydroxylation sites is 1. The van der Waals surface area contributed by atoms with Crippen LogP contribution in [0.2, 0.25) is 0 Å². The quantitative estimate of drug-likeness (QED) is 0.857. The van der Waals surface area contributed by atoms with Crippen LogP contribution in [-0.4, -0.2) is 18.5 Å². The molecule has 0 saturated heterocycles. The Balaban J connectivity index is 2.04. The summed E-state index contributed by atoms with van der Waals surface area (Å²) in [4.78, 5) is 12.3. The summed E-state index contributed by atoms with van der Waals surface area (Å²) in [5, 5.41) is 6.38. The van der Waals surface area contributed by atoms with Gasteiger partial charge in [-0.3, -0.25) is 4.79 Å². The lowest BCUT2D eigenvalue weighted by molar-refractivity contribution is 0.0938. The van der Waals surface area contributed by atoms with Crippen LogP contribution in [0, 0.1) is 5.92 Å². The highest BCUT2D eigenvalue weighted by Crippen LogP contribution is 2.25. The summed E-state index contributed by atoms with van der Waals surface area (Å²) >= 11 is 0. The number of rotatable bonds is 4. The molecule has 3 heteroatoms. The molecule has 0 heterocycles. The van der Waals surface area contributed by atoms with Crippen molar-refractivity contribution in [3.8, 4) is 0 Å². The highest BCUT2D eigenvalue weighted by molar-refractivity contribution is 5.99. The van der Waals surface area contributed by atoms with Crippen molar-refractivity contribution in [1.82, 2.24) is 5.32 Å². The first-order chi connectivity index (χ1) is 8.70. The van der Waals surface area contributed by atoms with Crippen molar-refractivity contribution < 1.29 is 4.79 Å². The first kappa shape index (κ1) is 12.9. The van der Waals surface area contributed by atoms with Gasteiger partial charge in [0.15, 0.2) is 0 Å². The number of carbonyl (C=O) groups excluding carboxylic acids is 1. The summed E-state index contributed by atoms with van der Waals surface area (Å²) in [6.45, 7) is 5.11. The lowest BCUT2D eigenvalue weighted by Crippen LogP contribution is -2.33. The Hall–Kier alpha value is -1.51. The molecule has 1 amide bonds. The lowest BCUT2D eigenvalue weighted by atomic mass is 10.1. The van der Waals surface area contributed by atoms with E-state index in [1.807, 2.05) is 31.2 Å². The number of hydrogen-bond acceptors (Lipinski definition) is 2. The van der Waals surface area contributed by atoms with Crippen molar-refractivity contribution in [3.63, 3.8) is 0 Å². The van der Waals surface area contributed by atoms with E-state index in [-0.39, 0.29) is 5.91 Å². The number of nitrogens with one attached hydrogen (secondary N) is 2. The van der Waals surface area contributed by atoms with Gasteiger partial charge in [0.2, 0.25) is 0 Å². The van der Waals surface area contributed by atoms with E-state index in [0.29, 0.717) is 6.04 Å². The number of hydrogen-bond donors (Lipinski definition) is 2. The van der Waals surface area contributed by atoms with Crippen molar-refractivity contribution in [2.45, 2.75) is 39.2 Å². The molecule has 1 aromatic carbocycles. The Labute approximate surface area is 109 Å². The molecule has 2 atom stereocenters. The van der Waals surface area contributed by atoms with Gasteiger partial charge >= 0.3 is 0 Å². The van der Waals surface area contributed by atoms with Crippen LogP contribution in [0.25, 0.3) is 0 Å². The Morgan fingerprint density at radius 2 is 2.11 bits per heavy atom. The molecule has 0 bridgehead atoms. The van der Waals surface area contributed by atoms with Gasteiger partial charge < -0.3 is 10.6 Å². The number of benzene rings is 1. The monoisotopic (exact) mass is 246 g/mol. The van der Waals surface area contributed by atoms with Gasteiger partial charge in [-0.1, -0.05) is 19.1 Å². The minimum Gasteiger partial charge on any atom is -0.385 e. The molecule has 0 aromatic heterocycles. The molecule has 18 heavy (non-hydrogen) atoms. The predicted molar refractivity (Wildman–Crippen MR) is 74.9 cm³/mol. The maximum Gasteiger partial charge on any atom is 0.253 e. The minimum atomic E-state index is 0.0469. The molecule has 98 valence electrons. The number of carbonyl (C=O) groups is 1. The van der Waals surface area contributed by atoms with Crippen LogP contribution < -0.4 is 10.6 Å². The van der Waals surface area contributed by atoms with E-state index in [1.54, 1.807) is 0 Å². The zero-order valence-electron chi connectivity index (χ0n) is 11.2. The molecule has 0 radical (unpaired) electrons. The van der Waals surface area contributed by atoms with Crippen molar-refractivity contribution in [1.29, 1.82) is 0 Å². The lowest BCUT2D eigenvalue weighted by Gasteiger charge is -2.15. The summed E-state index contributed by atoms with van der Waals surface area (Å²) in [5.74, 6) is 0.782. The van der Waals surface area contributed by atoms with Gasteiger partial charge in [0.05, 0.1) is 5.56 Å². The minimum absolute atomic E-state index is 0.0469. The van der Waals surface area contributed by atoms with Crippen molar-refractivity contribution in [3.05, 3.63) is 29.8 Å². The molecule has 2 N–H and O–H groups in total. The molecule has 0 aliphatic heterocycles. The Morgan fingerprint density at radius 3 is 2.78 bits per heavy atom. The molecule has 2 rings (SSSR count). The largest absolute Gasteiger partial charge is 0.385 e. The highest BCUT2D eigenvalue weighted by Gasteiger charge is 2.23. The van der Waals surface area contributed by atoms with Crippen molar-refractivity contribution in [2.24, 2.45) is 5.92 Å². The number of amides is 1. The van der Waals surface area contributed by atoms with Gasteiger partial charge in [-0.2, -0.15) is 0 Å². The summed E-state index contributed by atoms with van der Waals surface area (Å²) in [6, 6.07) is 8.04. The second-order valence-corrected chi connectivity index (χ2v) is 5.16. The van der Waals surface area contributed by atoms with Gasteiger partial charge in [-0.25, -0.2) is 0 Å². The summed E-state index contributed by atoms with van der Waals surface area (Å²) < 4.78 is 0. The fraction of sp³-hybridized carbons (Fsp3) is 0.533. The summed E-state index contributed by atoms with van der Waals surface area (Å²) in [7, 11) is 0. The molecule has 2 unspecified atom stereocenters. The van der Waals surface area contributed by atoms with Gasteiger partial charge in [-0.05, 0) is 44.2 Å². The van der Waals surface area contributed by atoms with E-state index in [9.17, 15) is 4.79 Å². The Bertz CT molecular complexity index is 417. The van der Waals surface area contributed by atoms with Crippen LogP contribution >= 0.6 is 0 Å². The molecular formula is C15H22N2O. The standard InChI is InChI=1S/C15H22N2O/c1-3-16-14-7-5-4-6-13(14)15(18)17-12-9-8-11(2)10-12/h4-7,11-12,16H,3,8-10H2,1-2H3,(H,17,18). The average molecular weight is 246 g/mol. The fourth-order valence-electron chi connectivity index (χ4n) is 2.63. The van der Waals surface area contributed by atoms with Crippen molar-refractivity contribution in [2.75, 3.05) is 11.9 Å². The van der Waals surface area contributed by atoms with Gasteiger partial charge in [0.25, 0.3) is 5.91 Å². The van der Waals surface area contributed by atoms with Gasteiger partial charge in [0, 0.05) is 18.3 Å². The smallest absolute Gasteiger partial charge is 0.253 e. The van der Waals surface area contributed by atoms with E-state index >= 15 is 0 Å². The molecule has 0 spiro atoms. The second kappa shape index (κ2) is 5.89. The zero-order valence-corrected chi connectivity index (χ0v) is 11.2.